The second-order valence-corrected chi connectivity index (χ2v) is 28.1. The highest BCUT2D eigenvalue weighted by Gasteiger charge is 2.67. The predicted octanol–water partition coefficient (Wildman–Crippen LogP) is -5.80. The lowest BCUT2D eigenvalue weighted by molar-refractivity contribution is -0.380. The highest BCUT2D eigenvalue weighted by Crippen LogP contribution is 2.72. The van der Waals surface area contributed by atoms with Crippen molar-refractivity contribution in [2.75, 3.05) is 33.0 Å². The van der Waals surface area contributed by atoms with Crippen molar-refractivity contribution in [1.29, 1.82) is 0 Å². The molecule has 5 saturated heterocycles. The third-order valence-corrected chi connectivity index (χ3v) is 22.2. The van der Waals surface area contributed by atoms with Crippen LogP contribution in [0.2, 0.25) is 0 Å². The first kappa shape index (κ1) is 70.9. The second-order valence-electron chi connectivity index (χ2n) is 28.1. The van der Waals surface area contributed by atoms with Crippen molar-refractivity contribution in [3.63, 3.8) is 0 Å². The van der Waals surface area contributed by atoms with Crippen molar-refractivity contribution in [2.45, 2.75) is 277 Å². The third kappa shape index (κ3) is 13.2. The Bertz CT molecular complexity index is 2290. The fourth-order valence-electron chi connectivity index (χ4n) is 16.6. The fraction of sp³-hybridized carbons (Fsp3) is 0.966. The largest absolute Gasteiger partial charge is 0.394 e. The van der Waals surface area contributed by atoms with Crippen LogP contribution < -0.4 is 0 Å². The van der Waals surface area contributed by atoms with Crippen LogP contribution in [0, 0.1) is 45.8 Å². The molecule has 9 aliphatic rings. The molecule has 510 valence electrons. The molecular formula is C59H100O29. The molecule has 0 bridgehead atoms. The van der Waals surface area contributed by atoms with Crippen LogP contribution in [0.15, 0.2) is 11.6 Å². The van der Waals surface area contributed by atoms with Gasteiger partial charge in [-0.2, -0.15) is 0 Å². The minimum atomic E-state index is -1.95. The summed E-state index contributed by atoms with van der Waals surface area (Å²) in [5, 5.41) is 204. The molecule has 0 amide bonds. The topological polar surface area (TPSA) is 477 Å². The van der Waals surface area contributed by atoms with Crippen LogP contribution in [-0.2, 0) is 47.4 Å². The minimum Gasteiger partial charge on any atom is -0.394 e. The number of aliphatic hydroxyl groups is 19. The van der Waals surface area contributed by atoms with Crippen molar-refractivity contribution in [3.8, 4) is 0 Å². The second kappa shape index (κ2) is 27.7. The van der Waals surface area contributed by atoms with E-state index in [2.05, 4.69) is 26.8 Å². The highest BCUT2D eigenvalue weighted by atomic mass is 16.8. The first-order chi connectivity index (χ1) is 41.2. The zero-order valence-corrected chi connectivity index (χ0v) is 50.9. The highest BCUT2D eigenvalue weighted by molar-refractivity contribution is 5.29. The van der Waals surface area contributed by atoms with E-state index in [1.807, 2.05) is 13.8 Å². The Morgan fingerprint density at radius 2 is 0.966 bits per heavy atom. The van der Waals surface area contributed by atoms with Gasteiger partial charge >= 0.3 is 0 Å². The molecule has 9 rings (SSSR count). The van der Waals surface area contributed by atoms with E-state index >= 15 is 0 Å². The Hall–Kier alpha value is -1.42. The van der Waals surface area contributed by atoms with E-state index < -0.39 is 216 Å². The van der Waals surface area contributed by atoms with Gasteiger partial charge in [-0.05, 0) is 106 Å². The van der Waals surface area contributed by atoms with Crippen molar-refractivity contribution < 1.29 is 144 Å². The summed E-state index contributed by atoms with van der Waals surface area (Å²) >= 11 is 0. The molecule has 0 radical (unpaired) electrons. The zero-order chi connectivity index (χ0) is 64.6. The van der Waals surface area contributed by atoms with Gasteiger partial charge in [-0.15, -0.1) is 0 Å². The molecule has 0 aromatic carbocycles. The maximum Gasteiger partial charge on any atom is 0.187 e. The standard InChI is InChI=1S/C59H100O29/c1-22(8-12-34(57(4,5)78)87-55-50(88-54-49(77)43(71)38(66)30(19-62)83-54)45(73)40(68)32(85-55)21-80-52-47(75)42(70)37(65)29(18-61)82-52)24-14-15-58(6)26-11-10-25-23(35(26)27(63)16-59(24,58)7)9-13-33(56(25,2)3)86-53-48(76)44(72)39(67)31(84-53)20-79-51-46(74)41(69)36(64)28(17-60)81-51/h10,22-24,26-55,60-78H,8-9,11-21H2,1-7H3/t22-,23-,24-,26-,27-,28-,29-,30-,31-,32-,33+,34-,35+,36-,37-,38-,39-,40-,41+,42+,43+,44+,45+,46-,47-,48-,49-,50-,51-,52-,53+,54+,55+,58+,59-/m1/s1. The molecule has 3 saturated carbocycles. The number of hydrogen-bond donors (Lipinski definition) is 19. The molecular weight excluding hydrogens is 1170 g/mol. The number of rotatable bonds is 20. The van der Waals surface area contributed by atoms with Gasteiger partial charge in [0, 0.05) is 5.41 Å². The summed E-state index contributed by atoms with van der Waals surface area (Å²) in [6, 6.07) is 0. The number of aliphatic hydroxyl groups excluding tert-OH is 18. The van der Waals surface area contributed by atoms with Gasteiger partial charge in [0.2, 0.25) is 0 Å². The number of ether oxygens (including phenoxy) is 10. The van der Waals surface area contributed by atoms with Crippen molar-refractivity contribution in [1.82, 2.24) is 0 Å². The Kier molecular flexibility index (Phi) is 22.3. The number of hydrogen-bond acceptors (Lipinski definition) is 29. The Morgan fingerprint density at radius 1 is 0.523 bits per heavy atom. The van der Waals surface area contributed by atoms with Crippen LogP contribution in [-0.4, -0.2) is 308 Å². The molecule has 5 aliphatic heterocycles. The molecule has 0 aromatic heterocycles. The number of fused-ring (bicyclic) bond motifs is 5. The Balaban J connectivity index is 0.871. The summed E-state index contributed by atoms with van der Waals surface area (Å²) in [6.45, 7) is 10.4. The van der Waals surface area contributed by atoms with Gasteiger partial charge in [-0.25, -0.2) is 0 Å². The molecule has 8 fully saturated rings. The van der Waals surface area contributed by atoms with E-state index in [4.69, 9.17) is 47.4 Å². The quantitative estimate of drug-likeness (QED) is 0.0505. The summed E-state index contributed by atoms with van der Waals surface area (Å²) in [5.74, 6) is 0.0108. The van der Waals surface area contributed by atoms with Crippen molar-refractivity contribution in [3.05, 3.63) is 11.6 Å². The maximum atomic E-state index is 12.6. The predicted molar refractivity (Wildman–Crippen MR) is 296 cm³/mol. The van der Waals surface area contributed by atoms with E-state index in [0.717, 1.165) is 18.4 Å². The van der Waals surface area contributed by atoms with Gasteiger partial charge in [0.05, 0.1) is 56.9 Å². The molecule has 5 heterocycles. The number of allylic oxidation sites excluding steroid dienone is 1. The van der Waals surface area contributed by atoms with Gasteiger partial charge in [-0.3, -0.25) is 0 Å². The summed E-state index contributed by atoms with van der Waals surface area (Å²) in [5.41, 5.74) is -1.80. The summed E-state index contributed by atoms with van der Waals surface area (Å²) in [7, 11) is 0. The van der Waals surface area contributed by atoms with Crippen molar-refractivity contribution >= 4 is 0 Å². The summed E-state index contributed by atoms with van der Waals surface area (Å²) in [4.78, 5) is 0. The normalized spacial score (nSPS) is 51.4. The average Bonchev–Trinajstić information content (AvgIpc) is 1.53. The molecule has 29 heteroatoms. The SMILES string of the molecule is C[C@H](CC[C@@H](O[C@@H]1O[C@H](CO[C@@H]2O[C@H](CO)[C@@H](O)[C@H](O)[C@H]2O)[C@@H](O)[C@H](O)[C@H]1O[C@@H]1O[C@H](CO)[C@@H](O)[C@H](O)[C@H]1O)C(C)(C)O)[C@H]1CC[C@@]2(C)[C@@H]3CC=C4[C@@H](CC[C@H](O[C@@H]5O[C@H](CO[C@@H]6O[C@H](CO)[C@@H](O)[C@H](O)[C@H]6O)[C@@H](O)[C@H](O)[C@H]5O)C4(C)C)[C@@H]3[C@H](O)C[C@]12C. The molecule has 0 spiro atoms. The summed E-state index contributed by atoms with van der Waals surface area (Å²) in [6.07, 6.45) is -37.1. The Labute approximate surface area is 510 Å². The van der Waals surface area contributed by atoms with Crippen LogP contribution in [0.1, 0.15) is 99.8 Å². The minimum absolute atomic E-state index is 0.0236. The lowest BCUT2D eigenvalue weighted by Crippen LogP contribution is -2.65. The maximum absolute atomic E-state index is 12.6. The van der Waals surface area contributed by atoms with E-state index in [0.29, 0.717) is 32.1 Å². The van der Waals surface area contributed by atoms with Crippen LogP contribution in [0.5, 0.6) is 0 Å². The third-order valence-electron chi connectivity index (χ3n) is 22.2. The van der Waals surface area contributed by atoms with E-state index in [-0.39, 0.29) is 46.8 Å². The first-order valence-corrected chi connectivity index (χ1v) is 31.2. The van der Waals surface area contributed by atoms with Crippen LogP contribution in [0.25, 0.3) is 0 Å². The summed E-state index contributed by atoms with van der Waals surface area (Å²) < 4.78 is 59.2. The van der Waals surface area contributed by atoms with Gasteiger partial charge in [0.1, 0.15) is 122 Å². The molecule has 19 N–H and O–H groups in total. The van der Waals surface area contributed by atoms with Gasteiger partial charge in [0.25, 0.3) is 0 Å². The molecule has 35 atom stereocenters. The molecule has 0 aromatic rings. The lowest BCUT2D eigenvalue weighted by atomic mass is 9.43. The fourth-order valence-corrected chi connectivity index (χ4v) is 16.6. The van der Waals surface area contributed by atoms with E-state index in [1.165, 1.54) is 13.8 Å². The van der Waals surface area contributed by atoms with Gasteiger partial charge in [-0.1, -0.05) is 46.3 Å². The van der Waals surface area contributed by atoms with Crippen LogP contribution >= 0.6 is 0 Å². The lowest BCUT2D eigenvalue weighted by Gasteiger charge is -2.63. The average molecular weight is 1270 g/mol. The van der Waals surface area contributed by atoms with Crippen LogP contribution in [0.3, 0.4) is 0 Å². The van der Waals surface area contributed by atoms with Gasteiger partial charge < -0.3 is 144 Å². The monoisotopic (exact) mass is 1270 g/mol. The molecule has 88 heavy (non-hydrogen) atoms. The smallest absolute Gasteiger partial charge is 0.187 e. The van der Waals surface area contributed by atoms with Crippen molar-refractivity contribution in [2.24, 2.45) is 45.8 Å². The zero-order valence-electron chi connectivity index (χ0n) is 50.9. The van der Waals surface area contributed by atoms with E-state index in [1.54, 1.807) is 0 Å². The molecule has 4 aliphatic carbocycles. The first-order valence-electron chi connectivity index (χ1n) is 31.2. The molecule has 0 unspecified atom stereocenters. The molecule has 29 nitrogen and oxygen atoms in total. The Morgan fingerprint density at radius 3 is 1.47 bits per heavy atom. The van der Waals surface area contributed by atoms with E-state index in [9.17, 15) is 97.0 Å². The van der Waals surface area contributed by atoms with Gasteiger partial charge in [0.15, 0.2) is 31.5 Å². The van der Waals surface area contributed by atoms with Crippen LogP contribution in [0.4, 0.5) is 0 Å².